The molecule has 1 saturated carbocycles. The van der Waals surface area contributed by atoms with Gasteiger partial charge >= 0.3 is 6.18 Å². The van der Waals surface area contributed by atoms with Gasteiger partial charge in [0, 0.05) is 7.05 Å². The number of nitrogens with zero attached hydrogens (tertiary/aromatic N) is 3. The van der Waals surface area contributed by atoms with E-state index in [1.165, 1.54) is 28.0 Å². The first-order valence-electron chi connectivity index (χ1n) is 9.87. The molecule has 1 aliphatic carbocycles. The lowest BCUT2D eigenvalue weighted by molar-refractivity contribution is -0.140. The normalized spacial score (nSPS) is 17.1. The fourth-order valence-electron chi connectivity index (χ4n) is 3.73. The largest absolute Gasteiger partial charge is 0.418 e. The molecule has 1 unspecified atom stereocenters. The first-order chi connectivity index (χ1) is 14.0. The van der Waals surface area contributed by atoms with E-state index in [1.807, 2.05) is 0 Å². The number of para-hydroxylation sites is 1. The molecule has 2 rings (SSSR count). The van der Waals surface area contributed by atoms with Gasteiger partial charge in [0.15, 0.2) is 0 Å². The zero-order chi connectivity index (χ0) is 22.5. The number of nitriles is 1. The van der Waals surface area contributed by atoms with Crippen molar-refractivity contribution in [1.29, 1.82) is 5.26 Å². The van der Waals surface area contributed by atoms with E-state index < -0.39 is 29.2 Å². The third-order valence-electron chi connectivity index (χ3n) is 5.78. The Hall–Kier alpha value is -2.60. The number of nitrogens with one attached hydrogen (secondary N) is 1. The molecule has 0 aromatic heterocycles. The Kier molecular flexibility index (Phi) is 7.48. The molecule has 0 radical (unpaired) electrons. The molecule has 30 heavy (non-hydrogen) atoms. The lowest BCUT2D eigenvalue weighted by Crippen LogP contribution is -2.55. The summed E-state index contributed by atoms with van der Waals surface area (Å²) >= 11 is 0. The summed E-state index contributed by atoms with van der Waals surface area (Å²) in [6.45, 7) is 1.34. The number of alkyl halides is 3. The number of likely N-dealkylation sites (N-methyl/N-ethyl adjacent to an activating group) is 2. The van der Waals surface area contributed by atoms with E-state index in [-0.39, 0.29) is 18.1 Å². The number of hydrogen-bond donors (Lipinski definition) is 1. The summed E-state index contributed by atoms with van der Waals surface area (Å²) in [6.07, 6.45) is -0.603. The van der Waals surface area contributed by atoms with Crippen molar-refractivity contribution in [1.82, 2.24) is 9.80 Å². The minimum Gasteiger partial charge on any atom is -0.326 e. The SMILES string of the molecule is CC(C(=O)N(C)C1(C#N)CCCCC1)N(C)CC(=O)Nc1ccccc1C(F)(F)F. The average Bonchev–Trinajstić information content (AvgIpc) is 2.72. The number of anilines is 1. The van der Waals surface area contributed by atoms with Gasteiger partial charge in [-0.25, -0.2) is 0 Å². The average molecular weight is 424 g/mol. The van der Waals surface area contributed by atoms with Gasteiger partial charge in [0.1, 0.15) is 5.54 Å². The number of hydrogen-bond acceptors (Lipinski definition) is 4. The first kappa shape index (κ1) is 23.7. The quantitative estimate of drug-likeness (QED) is 0.756. The summed E-state index contributed by atoms with van der Waals surface area (Å²) in [5.74, 6) is -0.964. The third kappa shape index (κ3) is 5.30. The van der Waals surface area contributed by atoms with Crippen LogP contribution >= 0.6 is 0 Å². The molecule has 0 bridgehead atoms. The summed E-state index contributed by atoms with van der Waals surface area (Å²) in [4.78, 5) is 28.2. The number of carbonyl (C=O) groups is 2. The van der Waals surface area contributed by atoms with Crippen molar-refractivity contribution < 1.29 is 22.8 Å². The molecule has 1 aromatic rings. The van der Waals surface area contributed by atoms with Crippen LogP contribution in [-0.2, 0) is 15.8 Å². The number of halogens is 3. The molecule has 1 fully saturated rings. The molecule has 1 aromatic carbocycles. The van der Waals surface area contributed by atoms with Crippen LogP contribution in [-0.4, -0.2) is 53.8 Å². The van der Waals surface area contributed by atoms with E-state index >= 15 is 0 Å². The Balaban J connectivity index is 2.03. The molecule has 0 aliphatic heterocycles. The Morgan fingerprint density at radius 3 is 2.37 bits per heavy atom. The summed E-state index contributed by atoms with van der Waals surface area (Å²) in [7, 11) is 3.15. The highest BCUT2D eigenvalue weighted by Crippen LogP contribution is 2.35. The number of rotatable bonds is 6. The van der Waals surface area contributed by atoms with Gasteiger partial charge in [0.25, 0.3) is 0 Å². The fourth-order valence-corrected chi connectivity index (χ4v) is 3.73. The molecular weight excluding hydrogens is 397 g/mol. The summed E-state index contributed by atoms with van der Waals surface area (Å²) < 4.78 is 39.3. The van der Waals surface area contributed by atoms with Crippen LogP contribution in [0.15, 0.2) is 24.3 Å². The van der Waals surface area contributed by atoms with Crippen LogP contribution in [0.25, 0.3) is 0 Å². The Morgan fingerprint density at radius 2 is 1.80 bits per heavy atom. The Bertz CT molecular complexity index is 813. The van der Waals surface area contributed by atoms with Crippen LogP contribution in [0.4, 0.5) is 18.9 Å². The Morgan fingerprint density at radius 1 is 1.20 bits per heavy atom. The van der Waals surface area contributed by atoms with Crippen molar-refractivity contribution in [2.45, 2.75) is 56.8 Å². The van der Waals surface area contributed by atoms with E-state index in [2.05, 4.69) is 11.4 Å². The van der Waals surface area contributed by atoms with Crippen LogP contribution in [0.1, 0.15) is 44.6 Å². The maximum atomic E-state index is 13.1. The van der Waals surface area contributed by atoms with E-state index in [4.69, 9.17) is 0 Å². The maximum absolute atomic E-state index is 13.1. The monoisotopic (exact) mass is 424 g/mol. The smallest absolute Gasteiger partial charge is 0.326 e. The zero-order valence-corrected chi connectivity index (χ0v) is 17.4. The third-order valence-corrected chi connectivity index (χ3v) is 5.78. The summed E-state index contributed by atoms with van der Waals surface area (Å²) in [5, 5.41) is 11.9. The molecule has 0 spiro atoms. The number of amides is 2. The highest BCUT2D eigenvalue weighted by molar-refractivity contribution is 5.93. The predicted octanol–water partition coefficient (Wildman–Crippen LogP) is 3.65. The molecule has 164 valence electrons. The molecule has 1 atom stereocenters. The minimum absolute atomic E-state index is 0.271. The van der Waals surface area contributed by atoms with Crippen LogP contribution in [0, 0.1) is 11.3 Å². The lowest BCUT2D eigenvalue weighted by atomic mass is 9.81. The first-order valence-corrected chi connectivity index (χ1v) is 9.87. The van der Waals surface area contributed by atoms with Gasteiger partial charge in [-0.05, 0) is 38.9 Å². The second-order valence-electron chi connectivity index (χ2n) is 7.78. The molecule has 0 heterocycles. The van der Waals surface area contributed by atoms with Crippen LogP contribution in [0.5, 0.6) is 0 Å². The molecule has 1 aliphatic rings. The summed E-state index contributed by atoms with van der Waals surface area (Å²) in [6, 6.07) is 6.30. The van der Waals surface area contributed by atoms with Crippen LogP contribution in [0.3, 0.4) is 0 Å². The molecule has 6 nitrogen and oxygen atoms in total. The number of benzene rings is 1. The van der Waals surface area contributed by atoms with Gasteiger partial charge in [-0.3, -0.25) is 14.5 Å². The van der Waals surface area contributed by atoms with Crippen molar-refractivity contribution in [2.24, 2.45) is 0 Å². The molecule has 9 heteroatoms. The minimum atomic E-state index is -4.59. The van der Waals surface area contributed by atoms with Gasteiger partial charge in [-0.1, -0.05) is 31.4 Å². The fraction of sp³-hybridized carbons (Fsp3) is 0.571. The highest BCUT2D eigenvalue weighted by Gasteiger charge is 2.41. The highest BCUT2D eigenvalue weighted by atomic mass is 19.4. The Labute approximate surface area is 174 Å². The van der Waals surface area contributed by atoms with Gasteiger partial charge in [0.2, 0.25) is 11.8 Å². The standard InChI is InChI=1S/C21H27F3N4O2/c1-15(19(30)28(3)20(14-25)11-7-4-8-12-20)27(2)13-18(29)26-17-10-6-5-9-16(17)21(22,23)24/h5-6,9-10,15H,4,7-8,11-13H2,1-3H3,(H,26,29). The maximum Gasteiger partial charge on any atom is 0.418 e. The topological polar surface area (TPSA) is 76.4 Å². The van der Waals surface area contributed by atoms with Crippen molar-refractivity contribution in [3.63, 3.8) is 0 Å². The van der Waals surface area contributed by atoms with E-state index in [0.29, 0.717) is 12.8 Å². The van der Waals surface area contributed by atoms with Crippen molar-refractivity contribution in [3.05, 3.63) is 29.8 Å². The van der Waals surface area contributed by atoms with Crippen LogP contribution < -0.4 is 5.32 Å². The van der Waals surface area contributed by atoms with Crippen molar-refractivity contribution in [3.8, 4) is 6.07 Å². The molecule has 1 N–H and O–H groups in total. The predicted molar refractivity (Wildman–Crippen MR) is 106 cm³/mol. The van der Waals surface area contributed by atoms with Gasteiger partial charge in [-0.15, -0.1) is 0 Å². The lowest BCUT2D eigenvalue weighted by Gasteiger charge is -2.41. The molecule has 0 saturated heterocycles. The van der Waals surface area contributed by atoms with Gasteiger partial charge in [0.05, 0.1) is 29.9 Å². The zero-order valence-electron chi connectivity index (χ0n) is 17.4. The molecule has 2 amide bonds. The number of carbonyl (C=O) groups excluding carboxylic acids is 2. The summed E-state index contributed by atoms with van der Waals surface area (Å²) in [5.41, 5.74) is -2.11. The second-order valence-corrected chi connectivity index (χ2v) is 7.78. The van der Waals surface area contributed by atoms with Crippen LogP contribution in [0.2, 0.25) is 0 Å². The van der Waals surface area contributed by atoms with Crippen molar-refractivity contribution in [2.75, 3.05) is 26.0 Å². The van der Waals surface area contributed by atoms with E-state index in [1.54, 1.807) is 21.0 Å². The van der Waals surface area contributed by atoms with E-state index in [9.17, 15) is 28.0 Å². The van der Waals surface area contributed by atoms with E-state index in [0.717, 1.165) is 25.3 Å². The van der Waals surface area contributed by atoms with Gasteiger partial charge in [-0.2, -0.15) is 18.4 Å². The second kappa shape index (κ2) is 9.47. The van der Waals surface area contributed by atoms with Crippen molar-refractivity contribution >= 4 is 17.5 Å². The van der Waals surface area contributed by atoms with Gasteiger partial charge < -0.3 is 10.2 Å². The molecular formula is C21H27F3N4O2.